The number of nitrogens with zero attached hydrogens (tertiary/aromatic N) is 3. The van der Waals surface area contributed by atoms with Crippen molar-refractivity contribution in [3.8, 4) is 0 Å². The fraction of sp³-hybridized carbons (Fsp3) is 0.571. The number of hydrogen-bond acceptors (Lipinski definition) is 4. The van der Waals surface area contributed by atoms with Crippen LogP contribution in [0.15, 0.2) is 18.3 Å². The lowest BCUT2D eigenvalue weighted by Crippen LogP contribution is -2.32. The highest BCUT2D eigenvalue weighted by atomic mass is 16.2. The zero-order valence-corrected chi connectivity index (χ0v) is 12.3. The number of pyridine rings is 1. The summed E-state index contributed by atoms with van der Waals surface area (Å²) in [6.07, 6.45) is 1.68. The quantitative estimate of drug-likeness (QED) is 0.838. The van der Waals surface area contributed by atoms with Crippen molar-refractivity contribution >= 4 is 11.6 Å². The minimum atomic E-state index is -0.0789. The summed E-state index contributed by atoms with van der Waals surface area (Å²) in [6.45, 7) is 6.63. The lowest BCUT2D eigenvalue weighted by molar-refractivity contribution is 0.0822. The summed E-state index contributed by atoms with van der Waals surface area (Å²) in [5, 5.41) is 0. The van der Waals surface area contributed by atoms with Crippen LogP contribution in [0, 0.1) is 5.92 Å². The molecule has 106 valence electrons. The Morgan fingerprint density at radius 2 is 2.16 bits per heavy atom. The molecular formula is C14H24N4O. The molecule has 0 aliphatic heterocycles. The van der Waals surface area contributed by atoms with Gasteiger partial charge >= 0.3 is 0 Å². The smallest absolute Gasteiger partial charge is 0.272 e. The third-order valence-electron chi connectivity index (χ3n) is 3.05. The van der Waals surface area contributed by atoms with E-state index in [4.69, 9.17) is 5.73 Å². The Kier molecular flexibility index (Phi) is 5.76. The Bertz CT molecular complexity index is 420. The van der Waals surface area contributed by atoms with E-state index in [2.05, 4.69) is 23.7 Å². The van der Waals surface area contributed by atoms with E-state index >= 15 is 0 Å². The summed E-state index contributed by atoms with van der Waals surface area (Å²) >= 11 is 0. The van der Waals surface area contributed by atoms with Gasteiger partial charge in [-0.2, -0.15) is 0 Å². The summed E-state index contributed by atoms with van der Waals surface area (Å²) in [4.78, 5) is 19.8. The first kappa shape index (κ1) is 15.4. The van der Waals surface area contributed by atoms with Gasteiger partial charge in [-0.1, -0.05) is 6.92 Å². The van der Waals surface area contributed by atoms with Crippen molar-refractivity contribution in [1.29, 1.82) is 0 Å². The van der Waals surface area contributed by atoms with Gasteiger partial charge in [-0.15, -0.1) is 0 Å². The number of amides is 1. The number of hydrogen-bond donors (Lipinski definition) is 1. The number of carbonyl (C=O) groups excluding carboxylic acids is 1. The molecule has 0 fully saturated rings. The summed E-state index contributed by atoms with van der Waals surface area (Å²) in [7, 11) is 3.45. The van der Waals surface area contributed by atoms with E-state index in [1.54, 1.807) is 20.3 Å². The minimum absolute atomic E-state index is 0.0789. The second-order valence-corrected chi connectivity index (χ2v) is 4.98. The van der Waals surface area contributed by atoms with Gasteiger partial charge in [-0.3, -0.25) is 9.78 Å². The lowest BCUT2D eigenvalue weighted by atomic mass is 10.1. The first-order valence-electron chi connectivity index (χ1n) is 6.62. The van der Waals surface area contributed by atoms with Crippen molar-refractivity contribution in [3.05, 3.63) is 24.0 Å². The van der Waals surface area contributed by atoms with Gasteiger partial charge in [-0.05, 0) is 31.5 Å². The van der Waals surface area contributed by atoms with Crippen LogP contribution in [0.2, 0.25) is 0 Å². The Morgan fingerprint density at radius 1 is 1.47 bits per heavy atom. The predicted molar refractivity (Wildman–Crippen MR) is 78.4 cm³/mol. The second kappa shape index (κ2) is 7.09. The van der Waals surface area contributed by atoms with Crippen LogP contribution in [-0.2, 0) is 0 Å². The van der Waals surface area contributed by atoms with Gasteiger partial charge in [0.05, 0.1) is 0 Å². The molecule has 2 N–H and O–H groups in total. The van der Waals surface area contributed by atoms with Gasteiger partial charge in [0, 0.05) is 39.1 Å². The van der Waals surface area contributed by atoms with Crippen LogP contribution >= 0.6 is 0 Å². The van der Waals surface area contributed by atoms with Crippen molar-refractivity contribution < 1.29 is 4.79 Å². The molecule has 1 amide bonds. The van der Waals surface area contributed by atoms with Crippen molar-refractivity contribution in [2.45, 2.75) is 13.8 Å². The molecule has 0 aromatic carbocycles. The number of nitrogens with two attached hydrogens (primary N) is 1. The van der Waals surface area contributed by atoms with Crippen LogP contribution in [0.25, 0.3) is 0 Å². The van der Waals surface area contributed by atoms with Gasteiger partial charge in [0.2, 0.25) is 0 Å². The van der Waals surface area contributed by atoms with E-state index in [-0.39, 0.29) is 5.91 Å². The van der Waals surface area contributed by atoms with Crippen LogP contribution in [-0.4, -0.2) is 49.5 Å². The van der Waals surface area contributed by atoms with Crippen molar-refractivity contribution in [2.24, 2.45) is 11.7 Å². The summed E-state index contributed by atoms with van der Waals surface area (Å²) in [5.74, 6) is 0.339. The van der Waals surface area contributed by atoms with E-state index < -0.39 is 0 Å². The largest absolute Gasteiger partial charge is 0.371 e. The fourth-order valence-electron chi connectivity index (χ4n) is 1.83. The molecule has 5 nitrogen and oxygen atoms in total. The zero-order chi connectivity index (χ0) is 14.4. The molecule has 5 heteroatoms. The molecular weight excluding hydrogens is 240 g/mol. The molecule has 1 aromatic heterocycles. The Morgan fingerprint density at radius 3 is 2.68 bits per heavy atom. The molecule has 19 heavy (non-hydrogen) atoms. The van der Waals surface area contributed by atoms with Crippen LogP contribution in [0.4, 0.5) is 5.69 Å². The first-order valence-corrected chi connectivity index (χ1v) is 6.62. The first-order chi connectivity index (χ1) is 8.99. The molecule has 1 unspecified atom stereocenters. The van der Waals surface area contributed by atoms with Gasteiger partial charge in [-0.25, -0.2) is 0 Å². The van der Waals surface area contributed by atoms with Gasteiger partial charge in [0.1, 0.15) is 5.69 Å². The summed E-state index contributed by atoms with van der Waals surface area (Å²) < 4.78 is 0. The second-order valence-electron chi connectivity index (χ2n) is 4.98. The van der Waals surface area contributed by atoms with Crippen LogP contribution in [0.5, 0.6) is 0 Å². The number of anilines is 1. The van der Waals surface area contributed by atoms with Crippen molar-refractivity contribution in [2.75, 3.05) is 38.6 Å². The summed E-state index contributed by atoms with van der Waals surface area (Å²) in [5.41, 5.74) is 7.16. The van der Waals surface area contributed by atoms with Crippen molar-refractivity contribution in [1.82, 2.24) is 9.88 Å². The van der Waals surface area contributed by atoms with E-state index in [0.717, 1.165) is 18.8 Å². The highest BCUT2D eigenvalue weighted by molar-refractivity contribution is 5.92. The lowest BCUT2D eigenvalue weighted by Gasteiger charge is -2.26. The molecule has 1 heterocycles. The molecule has 0 aliphatic carbocycles. The highest BCUT2D eigenvalue weighted by Gasteiger charge is 2.13. The Balaban J connectivity index is 2.93. The van der Waals surface area contributed by atoms with E-state index in [1.165, 1.54) is 4.90 Å². The summed E-state index contributed by atoms with van der Waals surface area (Å²) in [6, 6.07) is 3.77. The maximum Gasteiger partial charge on any atom is 0.272 e. The normalized spacial score (nSPS) is 12.1. The van der Waals surface area contributed by atoms with E-state index in [9.17, 15) is 4.79 Å². The Labute approximate surface area is 115 Å². The molecule has 0 radical (unpaired) electrons. The predicted octanol–water partition coefficient (Wildman–Crippen LogP) is 1.20. The molecule has 0 saturated carbocycles. The molecule has 0 aliphatic rings. The maximum absolute atomic E-state index is 11.9. The molecule has 1 rings (SSSR count). The van der Waals surface area contributed by atoms with Gasteiger partial charge < -0.3 is 15.5 Å². The third kappa shape index (κ3) is 4.21. The van der Waals surface area contributed by atoms with Crippen LogP contribution in [0.1, 0.15) is 24.3 Å². The highest BCUT2D eigenvalue weighted by Crippen LogP contribution is 2.16. The number of carbonyl (C=O) groups is 1. The fourth-order valence-corrected chi connectivity index (χ4v) is 1.83. The topological polar surface area (TPSA) is 62.5 Å². The minimum Gasteiger partial charge on any atom is -0.371 e. The molecule has 0 bridgehead atoms. The van der Waals surface area contributed by atoms with Crippen LogP contribution < -0.4 is 10.6 Å². The van der Waals surface area contributed by atoms with Gasteiger partial charge in [0.25, 0.3) is 5.91 Å². The molecule has 1 atom stereocenters. The SMILES string of the molecule is CCN(CC(C)CN)c1ccnc(C(=O)N(C)C)c1. The van der Waals surface area contributed by atoms with E-state index in [0.29, 0.717) is 18.2 Å². The van der Waals surface area contributed by atoms with Gasteiger partial charge in [0.15, 0.2) is 0 Å². The average molecular weight is 264 g/mol. The van der Waals surface area contributed by atoms with E-state index in [1.807, 2.05) is 12.1 Å². The molecule has 0 spiro atoms. The maximum atomic E-state index is 11.9. The van der Waals surface area contributed by atoms with Crippen molar-refractivity contribution in [3.63, 3.8) is 0 Å². The monoisotopic (exact) mass is 264 g/mol. The Hall–Kier alpha value is -1.62. The molecule has 0 saturated heterocycles. The standard InChI is InChI=1S/C14H24N4O/c1-5-18(10-11(2)9-15)12-6-7-16-13(8-12)14(19)17(3)4/h6-8,11H,5,9-10,15H2,1-4H3. The average Bonchev–Trinajstić information content (AvgIpc) is 2.43. The number of rotatable bonds is 6. The van der Waals surface area contributed by atoms with Crippen LogP contribution in [0.3, 0.4) is 0 Å². The molecule has 1 aromatic rings. The third-order valence-corrected chi connectivity index (χ3v) is 3.05. The zero-order valence-electron chi connectivity index (χ0n) is 12.3. The number of aromatic nitrogens is 1.